The molecule has 144 valence electrons. The summed E-state index contributed by atoms with van der Waals surface area (Å²) in [5.41, 5.74) is 1.51. The van der Waals surface area contributed by atoms with Crippen LogP contribution in [0.15, 0.2) is 24.3 Å². The highest BCUT2D eigenvalue weighted by Gasteiger charge is 2.33. The summed E-state index contributed by atoms with van der Waals surface area (Å²) in [6.07, 6.45) is 3.47. The van der Waals surface area contributed by atoms with Gasteiger partial charge in [0.1, 0.15) is 6.54 Å². The topological polar surface area (TPSA) is 64.7 Å². The van der Waals surface area contributed by atoms with E-state index in [2.05, 4.69) is 15.5 Å². The Labute approximate surface area is 161 Å². The standard InChI is InChI=1S/C19H28N4O2.ClH/c1-14(22-11-8-15(9-12-22)7-10-20-2)19(25)23-13-18(24)21-16-5-3-4-6-17(16)23;/h3-6,14-15,20H,7-13H2,1-2H3,(H,21,24);1H. The van der Waals surface area contributed by atoms with E-state index >= 15 is 0 Å². The van der Waals surface area contributed by atoms with E-state index in [0.29, 0.717) is 5.69 Å². The average molecular weight is 381 g/mol. The fraction of sp³-hybridized carbons (Fsp3) is 0.579. The van der Waals surface area contributed by atoms with Crippen LogP contribution in [0.2, 0.25) is 0 Å². The van der Waals surface area contributed by atoms with Crippen LogP contribution in [0.1, 0.15) is 26.2 Å². The lowest BCUT2D eigenvalue weighted by Crippen LogP contribution is -2.52. The number of nitrogens with one attached hydrogen (secondary N) is 2. The Bertz CT molecular complexity index is 632. The quantitative estimate of drug-likeness (QED) is 0.821. The summed E-state index contributed by atoms with van der Waals surface area (Å²) in [4.78, 5) is 28.9. The highest BCUT2D eigenvalue weighted by Crippen LogP contribution is 2.30. The Balaban J connectivity index is 0.00000243. The van der Waals surface area contributed by atoms with Crippen molar-refractivity contribution in [3.8, 4) is 0 Å². The molecule has 2 aliphatic rings. The summed E-state index contributed by atoms with van der Waals surface area (Å²) in [5, 5.41) is 6.05. The van der Waals surface area contributed by atoms with Crippen molar-refractivity contribution in [1.82, 2.24) is 10.2 Å². The smallest absolute Gasteiger partial charge is 0.244 e. The lowest BCUT2D eigenvalue weighted by Gasteiger charge is -2.38. The van der Waals surface area contributed by atoms with Gasteiger partial charge in [0, 0.05) is 0 Å². The molecule has 3 rings (SSSR count). The predicted molar refractivity (Wildman–Crippen MR) is 107 cm³/mol. The van der Waals surface area contributed by atoms with E-state index in [1.807, 2.05) is 38.2 Å². The summed E-state index contributed by atoms with van der Waals surface area (Å²) in [5.74, 6) is 0.619. The van der Waals surface area contributed by atoms with Gasteiger partial charge in [-0.3, -0.25) is 19.4 Å². The maximum absolute atomic E-state index is 13.1. The van der Waals surface area contributed by atoms with E-state index in [1.165, 1.54) is 6.42 Å². The number of carbonyl (C=O) groups is 2. The van der Waals surface area contributed by atoms with Crippen LogP contribution >= 0.6 is 12.4 Å². The minimum atomic E-state index is -0.204. The van der Waals surface area contributed by atoms with Gasteiger partial charge in [-0.15, -0.1) is 12.4 Å². The van der Waals surface area contributed by atoms with Crippen molar-refractivity contribution in [1.29, 1.82) is 0 Å². The molecule has 0 radical (unpaired) electrons. The number of hydrogen-bond acceptors (Lipinski definition) is 4. The molecule has 2 heterocycles. The third-order valence-corrected chi connectivity index (χ3v) is 5.39. The molecular weight excluding hydrogens is 352 g/mol. The molecule has 1 aromatic rings. The summed E-state index contributed by atoms with van der Waals surface area (Å²) in [6.45, 7) is 5.01. The number of carbonyl (C=O) groups excluding carboxylic acids is 2. The van der Waals surface area contributed by atoms with Crippen LogP contribution in [0, 0.1) is 5.92 Å². The van der Waals surface area contributed by atoms with Crippen molar-refractivity contribution < 1.29 is 9.59 Å². The zero-order valence-corrected chi connectivity index (χ0v) is 16.3. The second kappa shape index (κ2) is 9.35. The van der Waals surface area contributed by atoms with Crippen molar-refractivity contribution in [2.45, 2.75) is 32.2 Å². The Morgan fingerprint density at radius 1 is 1.31 bits per heavy atom. The summed E-state index contributed by atoms with van der Waals surface area (Å²) < 4.78 is 0. The Kier molecular flexibility index (Phi) is 7.43. The van der Waals surface area contributed by atoms with Gasteiger partial charge in [-0.05, 0) is 70.9 Å². The lowest BCUT2D eigenvalue weighted by atomic mass is 9.92. The molecule has 0 saturated carbocycles. The maximum Gasteiger partial charge on any atom is 0.244 e. The zero-order chi connectivity index (χ0) is 17.8. The van der Waals surface area contributed by atoms with Crippen LogP contribution in [0.4, 0.5) is 11.4 Å². The number of likely N-dealkylation sites (tertiary alicyclic amines) is 1. The number of nitrogens with zero attached hydrogens (tertiary/aromatic N) is 2. The van der Waals surface area contributed by atoms with Crippen LogP contribution in [0.3, 0.4) is 0 Å². The normalized spacial score (nSPS) is 19.3. The molecule has 1 aromatic carbocycles. The second-order valence-electron chi connectivity index (χ2n) is 7.04. The average Bonchev–Trinajstić information content (AvgIpc) is 2.65. The third-order valence-electron chi connectivity index (χ3n) is 5.39. The van der Waals surface area contributed by atoms with E-state index in [9.17, 15) is 9.59 Å². The van der Waals surface area contributed by atoms with E-state index in [1.54, 1.807) is 4.90 Å². The summed E-state index contributed by atoms with van der Waals surface area (Å²) in [6, 6.07) is 7.29. The van der Waals surface area contributed by atoms with Crippen molar-refractivity contribution in [3.63, 3.8) is 0 Å². The number of halogens is 1. The molecule has 26 heavy (non-hydrogen) atoms. The first-order valence-corrected chi connectivity index (χ1v) is 9.19. The fourth-order valence-corrected chi connectivity index (χ4v) is 3.79. The largest absolute Gasteiger partial charge is 0.323 e. The third kappa shape index (κ3) is 4.55. The van der Waals surface area contributed by atoms with Gasteiger partial charge in [0.25, 0.3) is 0 Å². The van der Waals surface area contributed by atoms with Crippen molar-refractivity contribution in [3.05, 3.63) is 24.3 Å². The summed E-state index contributed by atoms with van der Waals surface area (Å²) in [7, 11) is 1.99. The zero-order valence-electron chi connectivity index (χ0n) is 15.5. The monoisotopic (exact) mass is 380 g/mol. The molecule has 1 atom stereocenters. The van der Waals surface area contributed by atoms with Crippen molar-refractivity contribution >= 4 is 35.6 Å². The Morgan fingerprint density at radius 3 is 2.69 bits per heavy atom. The number of anilines is 2. The minimum absolute atomic E-state index is 0. The SMILES string of the molecule is CNCCC1CCN(C(C)C(=O)N2CC(=O)Nc3ccccc32)CC1.Cl. The van der Waals surface area contributed by atoms with Crippen LogP contribution < -0.4 is 15.5 Å². The summed E-state index contributed by atoms with van der Waals surface area (Å²) >= 11 is 0. The van der Waals surface area contributed by atoms with Gasteiger partial charge in [0.05, 0.1) is 17.4 Å². The number of para-hydroxylation sites is 2. The molecule has 7 heteroatoms. The minimum Gasteiger partial charge on any atom is -0.323 e. The highest BCUT2D eigenvalue weighted by atomic mass is 35.5. The number of piperidine rings is 1. The van der Waals surface area contributed by atoms with Gasteiger partial charge < -0.3 is 10.6 Å². The van der Waals surface area contributed by atoms with Crippen molar-refractivity contribution in [2.75, 3.05) is 43.4 Å². The molecule has 0 spiro atoms. The number of amides is 2. The van der Waals surface area contributed by atoms with Gasteiger partial charge in [-0.1, -0.05) is 12.1 Å². The number of fused-ring (bicyclic) bond motifs is 1. The molecule has 0 aliphatic carbocycles. The molecule has 2 aliphatic heterocycles. The molecule has 0 bridgehead atoms. The second-order valence-corrected chi connectivity index (χ2v) is 7.04. The Morgan fingerprint density at radius 2 is 2.00 bits per heavy atom. The van der Waals surface area contributed by atoms with Gasteiger partial charge in [-0.2, -0.15) is 0 Å². The lowest BCUT2D eigenvalue weighted by molar-refractivity contribution is -0.125. The van der Waals surface area contributed by atoms with E-state index in [-0.39, 0.29) is 36.8 Å². The molecule has 1 saturated heterocycles. The predicted octanol–water partition coefficient (Wildman–Crippen LogP) is 2.10. The van der Waals surface area contributed by atoms with E-state index < -0.39 is 0 Å². The van der Waals surface area contributed by atoms with Gasteiger partial charge in [-0.25, -0.2) is 0 Å². The Hall–Kier alpha value is -1.63. The maximum atomic E-state index is 13.1. The van der Waals surface area contributed by atoms with Crippen LogP contribution in [-0.4, -0.2) is 56.0 Å². The number of hydrogen-bond donors (Lipinski definition) is 2. The molecule has 0 aromatic heterocycles. The van der Waals surface area contributed by atoms with Crippen LogP contribution in [-0.2, 0) is 9.59 Å². The highest BCUT2D eigenvalue weighted by molar-refractivity contribution is 6.11. The van der Waals surface area contributed by atoms with Gasteiger partial charge in [0.15, 0.2) is 0 Å². The van der Waals surface area contributed by atoms with Crippen LogP contribution in [0.25, 0.3) is 0 Å². The van der Waals surface area contributed by atoms with E-state index in [0.717, 1.165) is 44.1 Å². The molecule has 2 amide bonds. The van der Waals surface area contributed by atoms with Gasteiger partial charge >= 0.3 is 0 Å². The number of rotatable bonds is 5. The molecule has 6 nitrogen and oxygen atoms in total. The molecular formula is C19H29ClN4O2. The van der Waals surface area contributed by atoms with E-state index in [4.69, 9.17) is 0 Å². The first-order valence-electron chi connectivity index (χ1n) is 9.19. The first kappa shape index (κ1) is 20.7. The number of benzene rings is 1. The van der Waals surface area contributed by atoms with Crippen molar-refractivity contribution in [2.24, 2.45) is 5.92 Å². The fourth-order valence-electron chi connectivity index (χ4n) is 3.79. The molecule has 2 N–H and O–H groups in total. The molecule has 1 unspecified atom stereocenters. The first-order chi connectivity index (χ1) is 12.1. The van der Waals surface area contributed by atoms with Gasteiger partial charge in [0.2, 0.25) is 11.8 Å². The molecule has 1 fully saturated rings. The van der Waals surface area contributed by atoms with Crippen LogP contribution in [0.5, 0.6) is 0 Å².